The maximum Gasteiger partial charge on any atom is 0.238 e. The number of sulfonamides is 1. The van der Waals surface area contributed by atoms with Crippen molar-refractivity contribution in [3.8, 4) is 11.4 Å². The van der Waals surface area contributed by atoms with Gasteiger partial charge in [0.15, 0.2) is 11.0 Å². The Bertz CT molecular complexity index is 1110. The van der Waals surface area contributed by atoms with Crippen LogP contribution in [0.2, 0.25) is 0 Å². The Hall–Kier alpha value is -2.69. The van der Waals surface area contributed by atoms with Crippen LogP contribution in [0.5, 0.6) is 0 Å². The van der Waals surface area contributed by atoms with Crippen LogP contribution >= 0.6 is 11.8 Å². The van der Waals surface area contributed by atoms with E-state index in [-0.39, 0.29) is 16.6 Å². The lowest BCUT2D eigenvalue weighted by Gasteiger charge is -2.06. The molecule has 0 unspecified atom stereocenters. The molecule has 146 valence electrons. The summed E-state index contributed by atoms with van der Waals surface area (Å²) in [6.45, 7) is 2.01. The molecule has 0 saturated heterocycles. The Labute approximate surface area is 167 Å². The molecule has 0 fully saturated rings. The third-order valence-electron chi connectivity index (χ3n) is 3.91. The number of hydrogen-bond donors (Lipinski definition) is 2. The van der Waals surface area contributed by atoms with Crippen molar-refractivity contribution in [3.63, 3.8) is 0 Å². The maximum atomic E-state index is 12.2. The molecule has 0 saturated carbocycles. The summed E-state index contributed by atoms with van der Waals surface area (Å²) in [4.78, 5) is 12.2. The molecule has 0 aliphatic rings. The Balaban J connectivity index is 1.62. The van der Waals surface area contributed by atoms with Crippen LogP contribution in [0.3, 0.4) is 0 Å². The fourth-order valence-electron chi connectivity index (χ4n) is 2.53. The van der Waals surface area contributed by atoms with Gasteiger partial charge in [-0.15, -0.1) is 10.2 Å². The van der Waals surface area contributed by atoms with Gasteiger partial charge in [0.25, 0.3) is 0 Å². The highest BCUT2D eigenvalue weighted by atomic mass is 32.2. The minimum absolute atomic E-state index is 0.0114. The molecule has 1 aromatic heterocycles. The summed E-state index contributed by atoms with van der Waals surface area (Å²) in [7, 11) is -1.91. The number of primary sulfonamides is 1. The van der Waals surface area contributed by atoms with Gasteiger partial charge >= 0.3 is 0 Å². The number of aryl methyl sites for hydroxylation is 1. The Morgan fingerprint density at radius 1 is 1.18 bits per heavy atom. The first-order valence-electron chi connectivity index (χ1n) is 8.26. The summed E-state index contributed by atoms with van der Waals surface area (Å²) in [5.41, 5.74) is 2.57. The SMILES string of the molecule is Cc1cccc(-c2nnc(SCC(=O)Nc3ccc(S(N)(=O)=O)cc3)n2C)c1. The van der Waals surface area contributed by atoms with Gasteiger partial charge in [-0.05, 0) is 37.3 Å². The van der Waals surface area contributed by atoms with Crippen molar-refractivity contribution in [2.45, 2.75) is 17.0 Å². The standard InChI is InChI=1S/C18H19N5O3S2/c1-12-4-3-5-13(10-12)17-21-22-18(23(17)2)27-11-16(24)20-14-6-8-15(9-7-14)28(19,25)26/h3-10H,11H2,1-2H3,(H,20,24)(H2,19,25,26). The first-order chi connectivity index (χ1) is 13.2. The zero-order chi connectivity index (χ0) is 20.3. The molecule has 3 rings (SSSR count). The highest BCUT2D eigenvalue weighted by molar-refractivity contribution is 7.99. The molecular formula is C18H19N5O3S2. The molecule has 2 aromatic carbocycles. The summed E-state index contributed by atoms with van der Waals surface area (Å²) in [6, 6.07) is 13.6. The number of amides is 1. The van der Waals surface area contributed by atoms with Crippen LogP contribution in [0.1, 0.15) is 5.56 Å². The first-order valence-corrected chi connectivity index (χ1v) is 10.8. The van der Waals surface area contributed by atoms with Gasteiger partial charge in [0, 0.05) is 18.3 Å². The normalized spacial score (nSPS) is 11.4. The number of benzene rings is 2. The van der Waals surface area contributed by atoms with E-state index in [0.29, 0.717) is 10.8 Å². The van der Waals surface area contributed by atoms with Crippen LogP contribution in [0.25, 0.3) is 11.4 Å². The van der Waals surface area contributed by atoms with Gasteiger partial charge in [-0.2, -0.15) is 0 Å². The number of hydrogen-bond acceptors (Lipinski definition) is 6. The van der Waals surface area contributed by atoms with E-state index in [1.165, 1.54) is 36.0 Å². The molecular weight excluding hydrogens is 398 g/mol. The lowest BCUT2D eigenvalue weighted by molar-refractivity contribution is -0.113. The zero-order valence-corrected chi connectivity index (χ0v) is 16.9. The van der Waals surface area contributed by atoms with Crippen molar-refractivity contribution in [3.05, 3.63) is 54.1 Å². The number of carbonyl (C=O) groups excluding carboxylic acids is 1. The number of rotatable bonds is 6. The second-order valence-corrected chi connectivity index (χ2v) is 8.64. The van der Waals surface area contributed by atoms with Crippen LogP contribution in [0.4, 0.5) is 5.69 Å². The zero-order valence-electron chi connectivity index (χ0n) is 15.3. The van der Waals surface area contributed by atoms with E-state index in [2.05, 4.69) is 15.5 Å². The predicted molar refractivity (Wildman–Crippen MR) is 108 cm³/mol. The van der Waals surface area contributed by atoms with E-state index in [0.717, 1.165) is 17.0 Å². The van der Waals surface area contributed by atoms with Gasteiger partial charge in [0.2, 0.25) is 15.9 Å². The smallest absolute Gasteiger partial charge is 0.238 e. The first kappa shape index (κ1) is 20.1. The third kappa shape index (κ3) is 4.77. The van der Waals surface area contributed by atoms with E-state index in [9.17, 15) is 13.2 Å². The van der Waals surface area contributed by atoms with Crippen molar-refractivity contribution in [1.29, 1.82) is 0 Å². The van der Waals surface area contributed by atoms with Gasteiger partial charge < -0.3 is 9.88 Å². The molecule has 3 N–H and O–H groups in total. The number of anilines is 1. The number of carbonyl (C=O) groups is 1. The van der Waals surface area contributed by atoms with Crippen molar-refractivity contribution < 1.29 is 13.2 Å². The number of nitrogens with zero attached hydrogens (tertiary/aromatic N) is 3. The second kappa shape index (κ2) is 8.13. The molecule has 0 atom stereocenters. The molecule has 1 amide bonds. The number of nitrogens with one attached hydrogen (secondary N) is 1. The highest BCUT2D eigenvalue weighted by Crippen LogP contribution is 2.23. The molecule has 0 aliphatic heterocycles. The molecule has 0 bridgehead atoms. The molecule has 8 nitrogen and oxygen atoms in total. The average molecular weight is 418 g/mol. The van der Waals surface area contributed by atoms with Gasteiger partial charge in [-0.3, -0.25) is 4.79 Å². The minimum atomic E-state index is -3.76. The highest BCUT2D eigenvalue weighted by Gasteiger charge is 2.13. The summed E-state index contributed by atoms with van der Waals surface area (Å²) in [5.74, 6) is 0.621. The molecule has 0 spiro atoms. The summed E-state index contributed by atoms with van der Waals surface area (Å²) in [5, 5.41) is 16.7. The topological polar surface area (TPSA) is 120 Å². The third-order valence-corrected chi connectivity index (χ3v) is 5.86. The van der Waals surface area contributed by atoms with E-state index < -0.39 is 10.0 Å². The van der Waals surface area contributed by atoms with Crippen LogP contribution in [0, 0.1) is 6.92 Å². The number of nitrogens with two attached hydrogens (primary N) is 1. The number of thioether (sulfide) groups is 1. The van der Waals surface area contributed by atoms with E-state index in [4.69, 9.17) is 5.14 Å². The fraction of sp³-hybridized carbons (Fsp3) is 0.167. The minimum Gasteiger partial charge on any atom is -0.325 e. The van der Waals surface area contributed by atoms with E-state index in [1.807, 2.05) is 42.8 Å². The van der Waals surface area contributed by atoms with Crippen LogP contribution in [-0.2, 0) is 21.9 Å². The maximum absolute atomic E-state index is 12.2. The van der Waals surface area contributed by atoms with Gasteiger partial charge in [0.05, 0.1) is 10.6 Å². The molecule has 3 aromatic rings. The van der Waals surface area contributed by atoms with Crippen molar-refractivity contribution in [2.75, 3.05) is 11.1 Å². The predicted octanol–water partition coefficient (Wildman–Crippen LogP) is 2.17. The molecule has 1 heterocycles. The van der Waals surface area contributed by atoms with Gasteiger partial charge in [-0.25, -0.2) is 13.6 Å². The van der Waals surface area contributed by atoms with Crippen LogP contribution in [-0.4, -0.2) is 34.8 Å². The molecule has 0 aliphatic carbocycles. The van der Waals surface area contributed by atoms with E-state index in [1.54, 1.807) is 0 Å². The average Bonchev–Trinajstić information content (AvgIpc) is 3.00. The van der Waals surface area contributed by atoms with Crippen molar-refractivity contribution in [1.82, 2.24) is 14.8 Å². The second-order valence-electron chi connectivity index (χ2n) is 6.14. The van der Waals surface area contributed by atoms with Crippen LogP contribution < -0.4 is 10.5 Å². The van der Waals surface area contributed by atoms with Crippen molar-refractivity contribution in [2.24, 2.45) is 12.2 Å². The summed E-state index contributed by atoms with van der Waals surface area (Å²) in [6.07, 6.45) is 0. The molecule has 28 heavy (non-hydrogen) atoms. The molecule has 10 heteroatoms. The summed E-state index contributed by atoms with van der Waals surface area (Å²) < 4.78 is 24.3. The van der Waals surface area contributed by atoms with Gasteiger partial charge in [-0.1, -0.05) is 35.5 Å². The Morgan fingerprint density at radius 3 is 2.54 bits per heavy atom. The molecule has 0 radical (unpaired) electrons. The Morgan fingerprint density at radius 2 is 1.89 bits per heavy atom. The fourth-order valence-corrected chi connectivity index (χ4v) is 3.76. The number of aromatic nitrogens is 3. The van der Waals surface area contributed by atoms with Gasteiger partial charge in [0.1, 0.15) is 0 Å². The largest absolute Gasteiger partial charge is 0.325 e. The Kier molecular flexibility index (Phi) is 5.82. The quantitative estimate of drug-likeness (QED) is 0.593. The lowest BCUT2D eigenvalue weighted by Crippen LogP contribution is -2.15. The van der Waals surface area contributed by atoms with Crippen LogP contribution in [0.15, 0.2) is 58.6 Å². The monoisotopic (exact) mass is 417 g/mol. The summed E-state index contributed by atoms with van der Waals surface area (Å²) >= 11 is 1.26. The lowest BCUT2D eigenvalue weighted by atomic mass is 10.1. The van der Waals surface area contributed by atoms with Crippen molar-refractivity contribution >= 4 is 33.4 Å². The van der Waals surface area contributed by atoms with E-state index >= 15 is 0 Å².